The number of nitrogens with zero attached hydrogens (tertiary/aromatic N) is 1. The van der Waals surface area contributed by atoms with Crippen molar-refractivity contribution in [3.05, 3.63) is 18.2 Å². The van der Waals surface area contributed by atoms with Gasteiger partial charge in [0.2, 0.25) is 10.0 Å². The van der Waals surface area contributed by atoms with Gasteiger partial charge in [0, 0.05) is 12.6 Å². The molecule has 1 N–H and O–H groups in total. The molecule has 1 aliphatic heterocycles. The maximum absolute atomic E-state index is 13.0. The van der Waals surface area contributed by atoms with E-state index in [9.17, 15) is 21.9 Å². The second-order valence-electron chi connectivity index (χ2n) is 5.44. The molecular weight excluding hydrogens is 358 g/mol. The first-order chi connectivity index (χ1) is 11.2. The molecule has 1 aliphatic rings. The van der Waals surface area contributed by atoms with E-state index in [1.54, 1.807) is 6.92 Å². The lowest BCUT2D eigenvalue weighted by atomic mass is 10.2. The van der Waals surface area contributed by atoms with Crippen molar-refractivity contribution in [3.63, 3.8) is 0 Å². The molecule has 136 valence electrons. The first-order valence-electron chi connectivity index (χ1n) is 7.28. The molecule has 10 heteroatoms. The third-order valence-corrected chi connectivity index (χ3v) is 7.67. The zero-order valence-corrected chi connectivity index (χ0v) is 15.3. The fourth-order valence-electron chi connectivity index (χ4n) is 2.78. The van der Waals surface area contributed by atoms with Crippen LogP contribution in [0.5, 0.6) is 11.5 Å². The Bertz CT molecular complexity index is 804. The van der Waals surface area contributed by atoms with Crippen LogP contribution in [0.1, 0.15) is 6.92 Å². The Labute approximate surface area is 142 Å². The fraction of sp³-hybridized carbons (Fsp3) is 0.571. The second-order valence-corrected chi connectivity index (χ2v) is 9.45. The number of hydrogen-bond donors (Lipinski definition) is 1. The molecule has 0 saturated carbocycles. The molecule has 1 aromatic rings. The van der Waals surface area contributed by atoms with Gasteiger partial charge < -0.3 is 14.6 Å². The van der Waals surface area contributed by atoms with Gasteiger partial charge in [-0.15, -0.1) is 0 Å². The summed E-state index contributed by atoms with van der Waals surface area (Å²) in [6.07, 6.45) is -1.26. The molecule has 1 saturated heterocycles. The number of aliphatic hydroxyl groups is 1. The molecule has 0 aliphatic carbocycles. The molecule has 0 unspecified atom stereocenters. The lowest BCUT2D eigenvalue weighted by Crippen LogP contribution is -2.46. The van der Waals surface area contributed by atoms with Crippen LogP contribution in [0.4, 0.5) is 0 Å². The highest BCUT2D eigenvalue weighted by molar-refractivity contribution is 7.92. The quantitative estimate of drug-likeness (QED) is 0.733. The summed E-state index contributed by atoms with van der Waals surface area (Å²) in [5.41, 5.74) is 0. The number of benzene rings is 1. The maximum Gasteiger partial charge on any atom is 0.247 e. The van der Waals surface area contributed by atoms with Gasteiger partial charge in [-0.1, -0.05) is 6.92 Å². The Morgan fingerprint density at radius 2 is 1.92 bits per heavy atom. The van der Waals surface area contributed by atoms with Crippen molar-refractivity contribution in [1.82, 2.24) is 4.31 Å². The first-order valence-corrected chi connectivity index (χ1v) is 10.5. The fourth-order valence-corrected chi connectivity index (χ4v) is 6.48. The van der Waals surface area contributed by atoms with E-state index >= 15 is 0 Å². The van der Waals surface area contributed by atoms with Crippen molar-refractivity contribution in [2.24, 2.45) is 0 Å². The van der Waals surface area contributed by atoms with Crippen molar-refractivity contribution in [2.45, 2.75) is 24.0 Å². The van der Waals surface area contributed by atoms with Crippen LogP contribution in [0, 0.1) is 0 Å². The van der Waals surface area contributed by atoms with Gasteiger partial charge in [0.15, 0.2) is 9.84 Å². The number of likely N-dealkylation sites (N-methyl/N-ethyl adjacent to an activating group) is 1. The summed E-state index contributed by atoms with van der Waals surface area (Å²) in [7, 11) is -4.76. The van der Waals surface area contributed by atoms with E-state index in [0.29, 0.717) is 5.75 Å². The lowest BCUT2D eigenvalue weighted by Gasteiger charge is -2.28. The maximum atomic E-state index is 13.0. The standard InChI is InChI=1S/C14H21NO7S2/c1-4-15(11-8-23(17,18)9-12(11)16)24(19,20)14-6-5-10(21-2)7-13(14)22-3/h5-7,11-12,16H,4,8-9H2,1-3H3/t11-,12+/m1/s1. The minimum absolute atomic E-state index is 0.0226. The molecule has 0 radical (unpaired) electrons. The van der Waals surface area contributed by atoms with Gasteiger partial charge in [-0.3, -0.25) is 0 Å². The second kappa shape index (κ2) is 6.87. The smallest absolute Gasteiger partial charge is 0.247 e. The molecule has 1 fully saturated rings. The van der Waals surface area contributed by atoms with Crippen LogP contribution >= 0.6 is 0 Å². The minimum atomic E-state index is -4.06. The predicted octanol–water partition coefficient (Wildman–Crippen LogP) is -0.128. The Hall–Kier alpha value is -1.36. The summed E-state index contributed by atoms with van der Waals surface area (Å²) in [6, 6.07) is 3.23. The van der Waals surface area contributed by atoms with Gasteiger partial charge in [-0.05, 0) is 12.1 Å². The largest absolute Gasteiger partial charge is 0.497 e. The Morgan fingerprint density at radius 3 is 2.38 bits per heavy atom. The van der Waals surface area contributed by atoms with Crippen LogP contribution in [0.2, 0.25) is 0 Å². The van der Waals surface area contributed by atoms with E-state index < -0.39 is 43.5 Å². The monoisotopic (exact) mass is 379 g/mol. The van der Waals surface area contributed by atoms with Gasteiger partial charge in [-0.25, -0.2) is 16.8 Å². The zero-order valence-electron chi connectivity index (χ0n) is 13.7. The number of ether oxygens (including phenoxy) is 2. The van der Waals surface area contributed by atoms with Crippen molar-refractivity contribution in [2.75, 3.05) is 32.3 Å². The average Bonchev–Trinajstić information content (AvgIpc) is 2.79. The molecule has 0 amide bonds. The first kappa shape index (κ1) is 19.0. The molecular formula is C14H21NO7S2. The highest BCUT2D eigenvalue weighted by atomic mass is 32.2. The van der Waals surface area contributed by atoms with Crippen LogP contribution in [0.25, 0.3) is 0 Å². The summed E-state index contributed by atoms with van der Waals surface area (Å²) in [4.78, 5) is -0.107. The summed E-state index contributed by atoms with van der Waals surface area (Å²) in [6.45, 7) is 1.61. The third kappa shape index (κ3) is 3.51. The van der Waals surface area contributed by atoms with Crippen molar-refractivity contribution in [3.8, 4) is 11.5 Å². The summed E-state index contributed by atoms with van der Waals surface area (Å²) < 4.78 is 60.6. The van der Waals surface area contributed by atoms with Crippen LogP contribution < -0.4 is 9.47 Å². The van der Waals surface area contributed by atoms with Gasteiger partial charge in [0.25, 0.3) is 0 Å². The molecule has 1 heterocycles. The zero-order chi connectivity index (χ0) is 18.1. The Balaban J connectivity index is 2.48. The molecule has 0 aromatic heterocycles. The van der Waals surface area contributed by atoms with E-state index in [2.05, 4.69) is 0 Å². The van der Waals surface area contributed by atoms with E-state index in [1.165, 1.54) is 32.4 Å². The molecule has 2 atom stereocenters. The van der Waals surface area contributed by atoms with E-state index in [-0.39, 0.29) is 17.2 Å². The molecule has 0 bridgehead atoms. The van der Waals surface area contributed by atoms with E-state index in [4.69, 9.17) is 9.47 Å². The minimum Gasteiger partial charge on any atom is -0.497 e. The van der Waals surface area contributed by atoms with E-state index in [0.717, 1.165) is 4.31 Å². The van der Waals surface area contributed by atoms with Crippen LogP contribution in [-0.4, -0.2) is 70.7 Å². The average molecular weight is 379 g/mol. The molecule has 24 heavy (non-hydrogen) atoms. The number of aliphatic hydroxyl groups excluding tert-OH is 1. The van der Waals surface area contributed by atoms with Crippen molar-refractivity contribution < 1.29 is 31.4 Å². The molecule has 8 nitrogen and oxygen atoms in total. The van der Waals surface area contributed by atoms with Crippen LogP contribution in [-0.2, 0) is 19.9 Å². The van der Waals surface area contributed by atoms with Crippen LogP contribution in [0.3, 0.4) is 0 Å². The Morgan fingerprint density at radius 1 is 1.25 bits per heavy atom. The van der Waals surface area contributed by atoms with Gasteiger partial charge in [0.05, 0.1) is 37.9 Å². The summed E-state index contributed by atoms with van der Waals surface area (Å²) in [5.74, 6) is -0.330. The number of sulfone groups is 1. The lowest BCUT2D eigenvalue weighted by molar-refractivity contribution is 0.130. The number of methoxy groups -OCH3 is 2. The number of hydrogen-bond acceptors (Lipinski definition) is 7. The van der Waals surface area contributed by atoms with Gasteiger partial charge in [0.1, 0.15) is 16.4 Å². The normalized spacial score (nSPS) is 23.4. The Kier molecular flexibility index (Phi) is 5.43. The summed E-state index contributed by atoms with van der Waals surface area (Å²) in [5, 5.41) is 10.0. The SMILES string of the molecule is CCN([C@@H]1CS(=O)(=O)C[C@@H]1O)S(=O)(=O)c1ccc(OC)cc1OC. The number of rotatable bonds is 6. The summed E-state index contributed by atoms with van der Waals surface area (Å²) >= 11 is 0. The van der Waals surface area contributed by atoms with Gasteiger partial charge in [-0.2, -0.15) is 4.31 Å². The van der Waals surface area contributed by atoms with Crippen LogP contribution in [0.15, 0.2) is 23.1 Å². The highest BCUT2D eigenvalue weighted by Gasteiger charge is 2.44. The topological polar surface area (TPSA) is 110 Å². The van der Waals surface area contributed by atoms with Gasteiger partial charge >= 0.3 is 0 Å². The molecule has 1 aromatic carbocycles. The number of sulfonamides is 1. The predicted molar refractivity (Wildman–Crippen MR) is 87.6 cm³/mol. The van der Waals surface area contributed by atoms with Crippen molar-refractivity contribution in [1.29, 1.82) is 0 Å². The van der Waals surface area contributed by atoms with E-state index in [1.807, 2.05) is 0 Å². The highest BCUT2D eigenvalue weighted by Crippen LogP contribution is 2.33. The molecule has 2 rings (SSSR count). The molecule has 0 spiro atoms. The third-order valence-electron chi connectivity index (χ3n) is 3.93. The van der Waals surface area contributed by atoms with Crippen molar-refractivity contribution >= 4 is 19.9 Å².